The molecule has 1 heterocycles. The molecule has 1 aromatic heterocycles. The van der Waals surface area contributed by atoms with E-state index in [0.717, 1.165) is 24.5 Å². The van der Waals surface area contributed by atoms with Gasteiger partial charge in [-0.25, -0.2) is 0 Å². The minimum atomic E-state index is 0.263. The molecule has 0 aliphatic rings. The Bertz CT molecular complexity index is 388. The van der Waals surface area contributed by atoms with E-state index >= 15 is 0 Å². The van der Waals surface area contributed by atoms with E-state index in [9.17, 15) is 0 Å². The molecule has 17 heavy (non-hydrogen) atoms. The predicted molar refractivity (Wildman–Crippen MR) is 73.1 cm³/mol. The van der Waals surface area contributed by atoms with Crippen LogP contribution in [0.1, 0.15) is 23.6 Å². The van der Waals surface area contributed by atoms with Crippen molar-refractivity contribution in [2.75, 3.05) is 27.2 Å². The molecule has 1 rings (SSSR count). The summed E-state index contributed by atoms with van der Waals surface area (Å²) in [4.78, 5) is 4.22. The van der Waals surface area contributed by atoms with Gasteiger partial charge in [-0.15, -0.1) is 11.3 Å². The van der Waals surface area contributed by atoms with Crippen LogP contribution in [0.15, 0.2) is 12.1 Å². The maximum atomic E-state index is 8.74. The molecule has 4 heteroatoms. The summed E-state index contributed by atoms with van der Waals surface area (Å²) in [7, 11) is 4.19. The Kier molecular flexibility index (Phi) is 5.13. The molecule has 0 fully saturated rings. The molecular formula is C13H21N3S. The average Bonchev–Trinajstić information content (AvgIpc) is 2.63. The summed E-state index contributed by atoms with van der Waals surface area (Å²) in [6.07, 6.45) is 0. The van der Waals surface area contributed by atoms with E-state index in [-0.39, 0.29) is 5.41 Å². The van der Waals surface area contributed by atoms with Gasteiger partial charge < -0.3 is 10.2 Å². The molecule has 94 valence electrons. The molecule has 0 bridgehead atoms. The van der Waals surface area contributed by atoms with Crippen LogP contribution >= 0.6 is 11.3 Å². The van der Waals surface area contributed by atoms with Gasteiger partial charge in [-0.1, -0.05) is 13.8 Å². The Morgan fingerprint density at radius 3 is 2.65 bits per heavy atom. The first-order chi connectivity index (χ1) is 7.93. The molecule has 3 nitrogen and oxygen atoms in total. The lowest BCUT2D eigenvalue weighted by Gasteiger charge is -2.28. The number of rotatable bonds is 6. The zero-order valence-electron chi connectivity index (χ0n) is 11.1. The van der Waals surface area contributed by atoms with Crippen molar-refractivity contribution in [2.45, 2.75) is 20.4 Å². The van der Waals surface area contributed by atoms with E-state index < -0.39 is 0 Å². The Morgan fingerprint density at radius 2 is 2.12 bits per heavy atom. The monoisotopic (exact) mass is 251 g/mol. The number of hydrogen-bond donors (Lipinski definition) is 1. The van der Waals surface area contributed by atoms with Gasteiger partial charge in [-0.05, 0) is 31.6 Å². The van der Waals surface area contributed by atoms with Gasteiger partial charge in [0.05, 0.1) is 0 Å². The van der Waals surface area contributed by atoms with Gasteiger partial charge in [0.15, 0.2) is 0 Å². The topological polar surface area (TPSA) is 39.1 Å². The molecule has 0 unspecified atom stereocenters. The Labute approximate surface area is 108 Å². The van der Waals surface area contributed by atoms with E-state index in [1.165, 1.54) is 4.88 Å². The lowest BCUT2D eigenvalue weighted by molar-refractivity contribution is 0.232. The van der Waals surface area contributed by atoms with Crippen LogP contribution in [0.3, 0.4) is 0 Å². The number of nitrogens with zero attached hydrogens (tertiary/aromatic N) is 2. The van der Waals surface area contributed by atoms with E-state index in [4.69, 9.17) is 5.26 Å². The van der Waals surface area contributed by atoms with Crippen LogP contribution < -0.4 is 5.32 Å². The molecule has 0 saturated heterocycles. The van der Waals surface area contributed by atoms with E-state index in [0.29, 0.717) is 0 Å². The minimum Gasteiger partial charge on any atom is -0.311 e. The second kappa shape index (κ2) is 6.15. The zero-order valence-corrected chi connectivity index (χ0v) is 11.9. The van der Waals surface area contributed by atoms with E-state index in [2.05, 4.69) is 44.2 Å². The lowest BCUT2D eigenvalue weighted by atomic mass is 9.93. The predicted octanol–water partition coefficient (Wildman–Crippen LogP) is 2.30. The molecule has 0 spiro atoms. The lowest BCUT2D eigenvalue weighted by Crippen LogP contribution is -2.37. The van der Waals surface area contributed by atoms with Crippen molar-refractivity contribution in [2.24, 2.45) is 5.41 Å². The quantitative estimate of drug-likeness (QED) is 0.843. The molecule has 0 saturated carbocycles. The van der Waals surface area contributed by atoms with Crippen molar-refractivity contribution in [3.05, 3.63) is 21.9 Å². The second-order valence-corrected chi connectivity index (χ2v) is 6.55. The van der Waals surface area contributed by atoms with Crippen LogP contribution in [-0.4, -0.2) is 32.1 Å². The maximum absolute atomic E-state index is 8.74. The molecule has 1 aromatic rings. The molecule has 0 radical (unpaired) electrons. The molecule has 0 aliphatic heterocycles. The van der Waals surface area contributed by atoms with Gasteiger partial charge in [-0.2, -0.15) is 5.26 Å². The highest BCUT2D eigenvalue weighted by Gasteiger charge is 2.18. The molecule has 1 N–H and O–H groups in total. The van der Waals surface area contributed by atoms with Gasteiger partial charge in [-0.3, -0.25) is 0 Å². The highest BCUT2D eigenvalue weighted by Crippen LogP contribution is 2.17. The Morgan fingerprint density at radius 1 is 1.41 bits per heavy atom. The maximum Gasteiger partial charge on any atom is 0.110 e. The van der Waals surface area contributed by atoms with Crippen molar-refractivity contribution < 1.29 is 0 Å². The molecule has 0 aromatic carbocycles. The standard InChI is InChI=1S/C13H21N3S/c1-13(2,10-16(3)4)9-15-8-12-6-5-11(7-14)17-12/h5-6,15H,8-10H2,1-4H3. The third-order valence-electron chi connectivity index (χ3n) is 2.42. The first-order valence-corrected chi connectivity index (χ1v) is 6.59. The van der Waals surface area contributed by atoms with Crippen molar-refractivity contribution in [3.63, 3.8) is 0 Å². The third kappa shape index (κ3) is 5.31. The van der Waals surface area contributed by atoms with Gasteiger partial charge in [0.25, 0.3) is 0 Å². The normalized spacial score (nSPS) is 11.8. The van der Waals surface area contributed by atoms with Gasteiger partial charge >= 0.3 is 0 Å². The minimum absolute atomic E-state index is 0.263. The molecule has 0 atom stereocenters. The summed E-state index contributed by atoms with van der Waals surface area (Å²) in [5.41, 5.74) is 0.263. The van der Waals surface area contributed by atoms with Crippen LogP contribution in [0.2, 0.25) is 0 Å². The fraction of sp³-hybridized carbons (Fsp3) is 0.615. The van der Waals surface area contributed by atoms with Crippen LogP contribution in [0.5, 0.6) is 0 Å². The second-order valence-electron chi connectivity index (χ2n) is 5.38. The van der Waals surface area contributed by atoms with E-state index in [1.807, 2.05) is 12.1 Å². The van der Waals surface area contributed by atoms with E-state index in [1.54, 1.807) is 11.3 Å². The molecule has 0 amide bonds. The summed E-state index contributed by atoms with van der Waals surface area (Å²) < 4.78 is 0. The number of nitrogens with one attached hydrogen (secondary N) is 1. The summed E-state index contributed by atoms with van der Waals surface area (Å²) in [5.74, 6) is 0. The zero-order chi connectivity index (χ0) is 12.9. The fourth-order valence-electron chi connectivity index (χ4n) is 1.97. The molecule has 0 aliphatic carbocycles. The SMILES string of the molecule is CN(C)CC(C)(C)CNCc1ccc(C#N)s1. The van der Waals surface area contributed by atoms with Gasteiger partial charge in [0, 0.05) is 24.5 Å². The van der Waals surface area contributed by atoms with Crippen LogP contribution in [0, 0.1) is 16.7 Å². The summed E-state index contributed by atoms with van der Waals surface area (Å²) in [6, 6.07) is 6.07. The van der Waals surface area contributed by atoms with Crippen molar-refractivity contribution in [1.82, 2.24) is 10.2 Å². The third-order valence-corrected chi connectivity index (χ3v) is 3.41. The smallest absolute Gasteiger partial charge is 0.110 e. The highest BCUT2D eigenvalue weighted by molar-refractivity contribution is 7.12. The number of hydrogen-bond acceptors (Lipinski definition) is 4. The van der Waals surface area contributed by atoms with Crippen LogP contribution in [-0.2, 0) is 6.54 Å². The summed E-state index contributed by atoms with van der Waals surface area (Å²) in [6.45, 7) is 7.41. The fourth-order valence-corrected chi connectivity index (χ4v) is 2.74. The first kappa shape index (κ1) is 14.2. The van der Waals surface area contributed by atoms with Gasteiger partial charge in [0.2, 0.25) is 0 Å². The van der Waals surface area contributed by atoms with Gasteiger partial charge in [0.1, 0.15) is 10.9 Å². The summed E-state index contributed by atoms with van der Waals surface area (Å²) >= 11 is 1.56. The van der Waals surface area contributed by atoms with Crippen molar-refractivity contribution >= 4 is 11.3 Å². The van der Waals surface area contributed by atoms with Crippen LogP contribution in [0.25, 0.3) is 0 Å². The average molecular weight is 251 g/mol. The highest BCUT2D eigenvalue weighted by atomic mass is 32.1. The number of nitriles is 1. The summed E-state index contributed by atoms with van der Waals surface area (Å²) in [5, 5.41) is 12.2. The largest absolute Gasteiger partial charge is 0.311 e. The Balaban J connectivity index is 2.35. The number of thiophene rings is 1. The molecular weight excluding hydrogens is 230 g/mol. The first-order valence-electron chi connectivity index (χ1n) is 5.77. The van der Waals surface area contributed by atoms with Crippen molar-refractivity contribution in [1.29, 1.82) is 5.26 Å². The Hall–Kier alpha value is -0.890. The van der Waals surface area contributed by atoms with Crippen LogP contribution in [0.4, 0.5) is 0 Å². The van der Waals surface area contributed by atoms with Crippen molar-refractivity contribution in [3.8, 4) is 6.07 Å².